The molecule has 3 unspecified atom stereocenters. The molecule has 1 aromatic heterocycles. The lowest BCUT2D eigenvalue weighted by molar-refractivity contribution is 0.149. The van der Waals surface area contributed by atoms with E-state index < -0.39 is 11.9 Å². The third kappa shape index (κ3) is 3.99. The number of alkyl halides is 1. The summed E-state index contributed by atoms with van der Waals surface area (Å²) in [5.74, 6) is -0.0610. The number of pyridine rings is 1. The smallest absolute Gasteiger partial charge is 0.249 e. The molecule has 0 fully saturated rings. The monoisotopic (exact) mass is 450 g/mol. The number of rotatable bonds is 3. The number of nitrogens with zero attached hydrogens (tertiary/aromatic N) is 2. The number of benzene rings is 1. The van der Waals surface area contributed by atoms with Gasteiger partial charge in [-0.15, -0.1) is 0 Å². The van der Waals surface area contributed by atoms with Crippen LogP contribution in [0.4, 0.5) is 8.78 Å². The second kappa shape index (κ2) is 7.60. The van der Waals surface area contributed by atoms with Crippen LogP contribution in [0.1, 0.15) is 18.0 Å². The highest BCUT2D eigenvalue weighted by atomic mass is 79.9. The number of aryl methyl sites for hydroxylation is 1. The predicted molar refractivity (Wildman–Crippen MR) is 98.2 cm³/mol. The molecule has 3 rings (SSSR count). The zero-order valence-electron chi connectivity index (χ0n) is 13.2. The van der Waals surface area contributed by atoms with E-state index in [1.54, 1.807) is 29.9 Å². The van der Waals surface area contributed by atoms with Crippen molar-refractivity contribution in [2.75, 3.05) is 6.61 Å². The summed E-state index contributed by atoms with van der Waals surface area (Å²) in [5, 5.41) is 0.393. The van der Waals surface area contributed by atoms with Gasteiger partial charge in [0.1, 0.15) is 0 Å². The van der Waals surface area contributed by atoms with Crippen molar-refractivity contribution in [1.82, 2.24) is 4.57 Å². The molecule has 3 atom stereocenters. The lowest BCUT2D eigenvalue weighted by Crippen LogP contribution is -2.24. The topological polar surface area (TPSA) is 35.8 Å². The van der Waals surface area contributed by atoms with Crippen LogP contribution in [-0.4, -0.2) is 17.3 Å². The minimum Gasteiger partial charge on any atom is -0.490 e. The first-order chi connectivity index (χ1) is 11.9. The summed E-state index contributed by atoms with van der Waals surface area (Å²) in [6, 6.07) is 4.54. The molecule has 0 spiro atoms. The molecule has 0 N–H and O–H groups in total. The van der Waals surface area contributed by atoms with E-state index in [1.165, 1.54) is 6.07 Å². The highest BCUT2D eigenvalue weighted by Gasteiger charge is 2.25. The molecule has 9 heteroatoms. The molecule has 134 valence electrons. The lowest BCUT2D eigenvalue weighted by atomic mass is 10.0. The van der Waals surface area contributed by atoms with Crippen LogP contribution in [-0.2, 0) is 7.05 Å². The van der Waals surface area contributed by atoms with Crippen LogP contribution in [0, 0.1) is 5.82 Å². The zero-order valence-corrected chi connectivity index (χ0v) is 16.7. The van der Waals surface area contributed by atoms with Crippen LogP contribution in [0.15, 0.2) is 33.9 Å². The molecule has 0 saturated carbocycles. The molecule has 1 aliphatic rings. The molecule has 25 heavy (non-hydrogen) atoms. The Morgan fingerprint density at radius 3 is 3.00 bits per heavy atom. The van der Waals surface area contributed by atoms with Gasteiger partial charge in [0.15, 0.2) is 22.8 Å². The van der Waals surface area contributed by atoms with E-state index in [-0.39, 0.29) is 17.5 Å². The fraction of sp³-hybridized carbons (Fsp3) is 0.312. The van der Waals surface area contributed by atoms with E-state index >= 15 is 0 Å². The highest BCUT2D eigenvalue weighted by Crippen LogP contribution is 2.39. The lowest BCUT2D eigenvalue weighted by Gasteiger charge is -2.24. The molecule has 1 aromatic carbocycles. The number of aromatic nitrogens is 1. The fourth-order valence-corrected chi connectivity index (χ4v) is 3.38. The summed E-state index contributed by atoms with van der Waals surface area (Å²) in [4.78, 5) is 4.67. The van der Waals surface area contributed by atoms with Crippen molar-refractivity contribution < 1.29 is 18.3 Å². The van der Waals surface area contributed by atoms with Crippen molar-refractivity contribution >= 4 is 36.8 Å². The first-order valence-corrected chi connectivity index (χ1v) is 9.27. The van der Waals surface area contributed by atoms with E-state index in [4.69, 9.17) is 21.1 Å². The normalized spacial score (nSPS) is 18.5. The quantitative estimate of drug-likeness (QED) is 0.644. The van der Waals surface area contributed by atoms with Gasteiger partial charge in [-0.2, -0.15) is 4.39 Å². The average molecular weight is 452 g/mol. The minimum absolute atomic E-state index is 0.183. The van der Waals surface area contributed by atoms with Crippen LogP contribution in [0.2, 0.25) is 5.02 Å². The molecule has 2 heterocycles. The second-order valence-electron chi connectivity index (χ2n) is 5.49. The molecule has 4 nitrogen and oxygen atoms in total. The average Bonchev–Trinajstić information content (AvgIpc) is 2.54. The largest absolute Gasteiger partial charge is 0.490 e. The summed E-state index contributed by atoms with van der Waals surface area (Å²) in [6.45, 7) is 0.331. The van der Waals surface area contributed by atoms with Crippen LogP contribution in [0.3, 0.4) is 0 Å². The van der Waals surface area contributed by atoms with E-state index in [0.29, 0.717) is 33.6 Å². The molecular formula is C16H15BrClF2N2O2P. The predicted octanol–water partition coefficient (Wildman–Crippen LogP) is 4.51. The van der Waals surface area contributed by atoms with Gasteiger partial charge < -0.3 is 14.0 Å². The van der Waals surface area contributed by atoms with Crippen molar-refractivity contribution in [1.29, 1.82) is 0 Å². The van der Waals surface area contributed by atoms with Crippen molar-refractivity contribution in [3.8, 4) is 11.5 Å². The Morgan fingerprint density at radius 1 is 1.52 bits per heavy atom. The third-order valence-corrected chi connectivity index (χ3v) is 4.69. The van der Waals surface area contributed by atoms with Crippen LogP contribution in [0.5, 0.6) is 11.5 Å². The number of halogens is 4. The maximum atomic E-state index is 14.3. The van der Waals surface area contributed by atoms with Crippen LogP contribution < -0.4 is 15.0 Å². The zero-order chi connectivity index (χ0) is 18.1. The highest BCUT2D eigenvalue weighted by molar-refractivity contribution is 9.10. The third-order valence-electron chi connectivity index (χ3n) is 3.74. The molecule has 0 aliphatic carbocycles. The Labute approximate surface area is 159 Å². The van der Waals surface area contributed by atoms with Gasteiger partial charge in [0, 0.05) is 31.3 Å². The van der Waals surface area contributed by atoms with Gasteiger partial charge in [-0.05, 0) is 22.0 Å². The Kier molecular flexibility index (Phi) is 5.66. The summed E-state index contributed by atoms with van der Waals surface area (Å²) in [5.41, 5.74) is 1.05. The van der Waals surface area contributed by atoms with Gasteiger partial charge in [0.05, 0.1) is 22.1 Å². The molecular weight excluding hydrogens is 437 g/mol. The molecule has 1 aliphatic heterocycles. The Bertz CT molecular complexity index is 876. The van der Waals surface area contributed by atoms with Gasteiger partial charge in [0.25, 0.3) is 0 Å². The van der Waals surface area contributed by atoms with Crippen molar-refractivity contribution in [3.63, 3.8) is 0 Å². The Balaban J connectivity index is 2.13. The summed E-state index contributed by atoms with van der Waals surface area (Å²) >= 11 is 9.17. The fourth-order valence-electron chi connectivity index (χ4n) is 2.68. The maximum Gasteiger partial charge on any atom is 0.249 e. The van der Waals surface area contributed by atoms with E-state index in [2.05, 4.69) is 20.9 Å². The molecule has 0 radical (unpaired) electrons. The van der Waals surface area contributed by atoms with E-state index in [0.717, 1.165) is 0 Å². The SMILES string of the molecule is Cn1cc(Cl)cc(OC(F)P)c1=NC1CCOc2c1ccc(Br)c2F. The van der Waals surface area contributed by atoms with Gasteiger partial charge in [-0.3, -0.25) is 4.99 Å². The van der Waals surface area contributed by atoms with Gasteiger partial charge in [-0.1, -0.05) is 26.9 Å². The maximum absolute atomic E-state index is 14.3. The molecule has 0 amide bonds. The Morgan fingerprint density at radius 2 is 2.28 bits per heavy atom. The van der Waals surface area contributed by atoms with Crippen molar-refractivity contribution in [2.24, 2.45) is 12.0 Å². The van der Waals surface area contributed by atoms with Gasteiger partial charge in [0.2, 0.25) is 6.10 Å². The first-order valence-electron chi connectivity index (χ1n) is 7.44. The second-order valence-corrected chi connectivity index (χ2v) is 7.30. The summed E-state index contributed by atoms with van der Waals surface area (Å²) in [6.07, 6.45) is 0.615. The molecule has 0 saturated heterocycles. The summed E-state index contributed by atoms with van der Waals surface area (Å²) in [7, 11) is 3.65. The number of fused-ring (bicyclic) bond motifs is 1. The number of ether oxygens (including phenoxy) is 2. The summed E-state index contributed by atoms with van der Waals surface area (Å²) < 4.78 is 40.2. The number of hydrogen-bond acceptors (Lipinski definition) is 3. The van der Waals surface area contributed by atoms with E-state index in [9.17, 15) is 8.78 Å². The molecule has 2 aromatic rings. The van der Waals surface area contributed by atoms with E-state index in [1.807, 2.05) is 9.24 Å². The number of hydrogen-bond donors (Lipinski definition) is 0. The van der Waals surface area contributed by atoms with Gasteiger partial charge in [-0.25, -0.2) is 4.39 Å². The minimum atomic E-state index is -1.59. The van der Waals surface area contributed by atoms with Crippen molar-refractivity contribution in [2.45, 2.75) is 18.6 Å². The standard InChI is InChI=1S/C16H15BrClF2N2O2P/c1-22-7-8(18)6-12(24-16(20)25)15(22)21-11-4-5-23-14-9(11)2-3-10(17)13(14)19/h2-3,6-7,11,16H,4-5,25H2,1H3. The van der Waals surface area contributed by atoms with Crippen LogP contribution >= 0.6 is 36.8 Å². The van der Waals surface area contributed by atoms with Crippen LogP contribution in [0.25, 0.3) is 0 Å². The van der Waals surface area contributed by atoms with Gasteiger partial charge >= 0.3 is 0 Å². The Hall–Kier alpha value is -1.17. The molecule has 0 bridgehead atoms. The van der Waals surface area contributed by atoms with Crippen molar-refractivity contribution in [3.05, 3.63) is 50.8 Å². The first kappa shape index (κ1) is 18.6.